The molecule has 1 N–H and O–H groups in total. The Morgan fingerprint density at radius 3 is 2.59 bits per heavy atom. The molecule has 0 bridgehead atoms. The summed E-state index contributed by atoms with van der Waals surface area (Å²) in [5.41, 5.74) is 1.39. The van der Waals surface area contributed by atoms with Gasteiger partial charge >= 0.3 is 5.97 Å². The van der Waals surface area contributed by atoms with E-state index in [1.807, 2.05) is 0 Å². The normalized spacial score (nSPS) is 10.1. The van der Waals surface area contributed by atoms with Gasteiger partial charge in [-0.05, 0) is 30.7 Å². The lowest BCUT2D eigenvalue weighted by Gasteiger charge is -2.10. The summed E-state index contributed by atoms with van der Waals surface area (Å²) in [4.78, 5) is 35.0. The van der Waals surface area contributed by atoms with E-state index in [9.17, 15) is 14.4 Å². The van der Waals surface area contributed by atoms with Crippen molar-refractivity contribution in [2.24, 2.45) is 7.05 Å². The van der Waals surface area contributed by atoms with E-state index in [2.05, 4.69) is 15.2 Å². The summed E-state index contributed by atoms with van der Waals surface area (Å²) < 4.78 is 5.72. The number of ether oxygens (including phenoxy) is 1. The van der Waals surface area contributed by atoms with Gasteiger partial charge in [-0.1, -0.05) is 6.07 Å². The molecule has 7 nitrogen and oxygen atoms in total. The zero-order valence-electron chi connectivity index (χ0n) is 12.4. The molecule has 0 fully saturated rings. The molecular formula is C15H15N3O4. The Bertz CT molecular complexity index is 796. The predicted octanol–water partition coefficient (Wildman–Crippen LogP) is 1.13. The van der Waals surface area contributed by atoms with Crippen molar-refractivity contribution in [1.82, 2.24) is 9.78 Å². The summed E-state index contributed by atoms with van der Waals surface area (Å²) in [6.07, 6.45) is 0. The number of nitrogens with one attached hydrogen (secondary N) is 1. The topological polar surface area (TPSA) is 90.3 Å². The van der Waals surface area contributed by atoms with Crippen LogP contribution < -0.4 is 10.9 Å². The zero-order chi connectivity index (χ0) is 16.3. The third kappa shape index (κ3) is 3.20. The lowest BCUT2D eigenvalue weighted by atomic mass is 10.1. The van der Waals surface area contributed by atoms with Crippen molar-refractivity contribution in [3.05, 3.63) is 57.5 Å². The van der Waals surface area contributed by atoms with Gasteiger partial charge in [0.25, 0.3) is 11.5 Å². The number of rotatable bonds is 3. The highest BCUT2D eigenvalue weighted by atomic mass is 16.5. The Kier molecular flexibility index (Phi) is 4.36. The number of aromatic nitrogens is 2. The fraction of sp³-hybridized carbons (Fsp3) is 0.200. The number of hydrogen-bond donors (Lipinski definition) is 1. The van der Waals surface area contributed by atoms with Gasteiger partial charge in [0.05, 0.1) is 12.7 Å². The Hall–Kier alpha value is -2.96. The van der Waals surface area contributed by atoms with E-state index in [0.29, 0.717) is 11.3 Å². The molecule has 1 heterocycles. The third-order valence-electron chi connectivity index (χ3n) is 3.10. The highest BCUT2D eigenvalue weighted by molar-refractivity contribution is 6.03. The molecule has 0 spiro atoms. The van der Waals surface area contributed by atoms with Crippen LogP contribution in [0.3, 0.4) is 0 Å². The second-order valence-electron chi connectivity index (χ2n) is 4.66. The first-order valence-electron chi connectivity index (χ1n) is 6.47. The van der Waals surface area contributed by atoms with Gasteiger partial charge in [0.2, 0.25) is 0 Å². The number of carbonyl (C=O) groups excluding carboxylic acids is 2. The van der Waals surface area contributed by atoms with Crippen LogP contribution in [0.5, 0.6) is 0 Å². The molecule has 7 heteroatoms. The Morgan fingerprint density at radius 2 is 1.95 bits per heavy atom. The van der Waals surface area contributed by atoms with E-state index in [1.54, 1.807) is 19.1 Å². The maximum Gasteiger partial charge on any atom is 0.337 e. The average molecular weight is 301 g/mol. The van der Waals surface area contributed by atoms with Crippen LogP contribution in [0.15, 0.2) is 35.1 Å². The minimum absolute atomic E-state index is 0.102. The largest absolute Gasteiger partial charge is 0.465 e. The average Bonchev–Trinajstić information content (AvgIpc) is 2.51. The third-order valence-corrected chi connectivity index (χ3v) is 3.10. The lowest BCUT2D eigenvalue weighted by molar-refractivity contribution is 0.0600. The molecule has 1 amide bonds. The minimum Gasteiger partial charge on any atom is -0.465 e. The van der Waals surface area contributed by atoms with Gasteiger partial charge in [0.15, 0.2) is 0 Å². The van der Waals surface area contributed by atoms with Crippen molar-refractivity contribution in [1.29, 1.82) is 0 Å². The predicted molar refractivity (Wildman–Crippen MR) is 79.9 cm³/mol. The van der Waals surface area contributed by atoms with Crippen LogP contribution in [0.1, 0.15) is 26.4 Å². The molecule has 0 saturated carbocycles. The van der Waals surface area contributed by atoms with Crippen molar-refractivity contribution in [3.8, 4) is 0 Å². The Morgan fingerprint density at radius 1 is 1.23 bits per heavy atom. The molecule has 0 saturated heterocycles. The maximum atomic E-state index is 12.2. The molecular weight excluding hydrogens is 286 g/mol. The molecule has 114 valence electrons. The molecule has 0 aliphatic carbocycles. The maximum absolute atomic E-state index is 12.2. The molecule has 2 rings (SSSR count). The van der Waals surface area contributed by atoms with E-state index in [0.717, 1.165) is 10.2 Å². The van der Waals surface area contributed by atoms with Gasteiger partial charge in [-0.15, -0.1) is 0 Å². The van der Waals surface area contributed by atoms with Gasteiger partial charge in [-0.3, -0.25) is 9.59 Å². The smallest absolute Gasteiger partial charge is 0.337 e. The van der Waals surface area contributed by atoms with E-state index >= 15 is 0 Å². The standard InChI is InChI=1S/C15H15N3O4/c1-9-4-5-10(15(21)22-3)8-12(9)16-14(20)11-6-7-13(19)18(2)17-11/h4-8H,1-3H3,(H,16,20). The molecule has 22 heavy (non-hydrogen) atoms. The summed E-state index contributed by atoms with van der Waals surface area (Å²) >= 11 is 0. The molecule has 2 aromatic rings. The number of amides is 1. The summed E-state index contributed by atoms with van der Waals surface area (Å²) in [7, 11) is 2.75. The number of hydrogen-bond acceptors (Lipinski definition) is 5. The van der Waals surface area contributed by atoms with Crippen molar-refractivity contribution < 1.29 is 14.3 Å². The van der Waals surface area contributed by atoms with Gasteiger partial charge < -0.3 is 10.1 Å². The van der Waals surface area contributed by atoms with Gasteiger partial charge in [0, 0.05) is 18.8 Å². The second-order valence-corrected chi connectivity index (χ2v) is 4.66. The van der Waals surface area contributed by atoms with Crippen LogP contribution >= 0.6 is 0 Å². The van der Waals surface area contributed by atoms with E-state index < -0.39 is 11.9 Å². The van der Waals surface area contributed by atoms with Crippen molar-refractivity contribution >= 4 is 17.6 Å². The number of methoxy groups -OCH3 is 1. The zero-order valence-corrected chi connectivity index (χ0v) is 12.4. The quantitative estimate of drug-likeness (QED) is 0.858. The van der Waals surface area contributed by atoms with Crippen LogP contribution in [0.2, 0.25) is 0 Å². The monoisotopic (exact) mass is 301 g/mol. The molecule has 0 radical (unpaired) electrons. The van der Waals surface area contributed by atoms with Crippen molar-refractivity contribution in [3.63, 3.8) is 0 Å². The van der Waals surface area contributed by atoms with Gasteiger partial charge in [0.1, 0.15) is 5.69 Å². The Balaban J connectivity index is 2.29. The summed E-state index contributed by atoms with van der Waals surface area (Å²) in [5, 5.41) is 6.54. The molecule has 1 aromatic carbocycles. The fourth-order valence-electron chi connectivity index (χ4n) is 1.81. The SMILES string of the molecule is COC(=O)c1ccc(C)c(NC(=O)c2ccc(=O)n(C)n2)c1. The number of esters is 1. The fourth-order valence-corrected chi connectivity index (χ4v) is 1.81. The number of nitrogens with zero attached hydrogens (tertiary/aromatic N) is 2. The van der Waals surface area contributed by atoms with Crippen LogP contribution in [0.25, 0.3) is 0 Å². The summed E-state index contributed by atoms with van der Waals surface area (Å²) in [6, 6.07) is 7.45. The van der Waals surface area contributed by atoms with E-state index in [1.165, 1.54) is 32.4 Å². The summed E-state index contributed by atoms with van der Waals surface area (Å²) in [5.74, 6) is -0.962. The second kappa shape index (κ2) is 6.21. The van der Waals surface area contributed by atoms with Crippen LogP contribution in [-0.4, -0.2) is 28.8 Å². The number of benzene rings is 1. The van der Waals surface area contributed by atoms with Gasteiger partial charge in [-0.2, -0.15) is 5.10 Å². The van der Waals surface area contributed by atoms with Crippen LogP contribution in [0, 0.1) is 6.92 Å². The number of anilines is 1. The summed E-state index contributed by atoms with van der Waals surface area (Å²) in [6.45, 7) is 1.80. The Labute approximate surface area is 126 Å². The number of aryl methyl sites for hydroxylation is 2. The molecule has 0 aliphatic heterocycles. The van der Waals surface area contributed by atoms with Crippen LogP contribution in [-0.2, 0) is 11.8 Å². The minimum atomic E-state index is -0.490. The van der Waals surface area contributed by atoms with Crippen molar-refractivity contribution in [2.75, 3.05) is 12.4 Å². The lowest BCUT2D eigenvalue weighted by Crippen LogP contribution is -2.23. The van der Waals surface area contributed by atoms with Gasteiger partial charge in [-0.25, -0.2) is 9.48 Å². The van der Waals surface area contributed by atoms with E-state index in [4.69, 9.17) is 0 Å². The molecule has 0 aliphatic rings. The molecule has 0 atom stereocenters. The number of carbonyl (C=O) groups is 2. The first-order chi connectivity index (χ1) is 10.4. The highest BCUT2D eigenvalue weighted by Crippen LogP contribution is 2.18. The van der Waals surface area contributed by atoms with E-state index in [-0.39, 0.29) is 11.3 Å². The van der Waals surface area contributed by atoms with Crippen molar-refractivity contribution in [2.45, 2.75) is 6.92 Å². The molecule has 1 aromatic heterocycles. The van der Waals surface area contributed by atoms with Crippen LogP contribution in [0.4, 0.5) is 5.69 Å². The first-order valence-corrected chi connectivity index (χ1v) is 6.47. The first kappa shape index (κ1) is 15.4. The molecule has 0 unspecified atom stereocenters. The highest BCUT2D eigenvalue weighted by Gasteiger charge is 2.13.